The molecule has 1 aliphatic heterocycles. The van der Waals surface area contributed by atoms with Gasteiger partial charge in [-0.3, -0.25) is 14.4 Å². The Morgan fingerprint density at radius 2 is 1.56 bits per heavy atom. The summed E-state index contributed by atoms with van der Waals surface area (Å²) in [4.78, 5) is 42.1. The molecular formula is C25H30FN3O3. The summed E-state index contributed by atoms with van der Waals surface area (Å²) in [6.45, 7) is 5.51. The van der Waals surface area contributed by atoms with Gasteiger partial charge in [0, 0.05) is 31.7 Å². The first-order valence-electron chi connectivity index (χ1n) is 11.1. The van der Waals surface area contributed by atoms with Crippen LogP contribution in [0.5, 0.6) is 0 Å². The maximum Gasteiger partial charge on any atom is 0.256 e. The van der Waals surface area contributed by atoms with E-state index in [0.717, 1.165) is 6.42 Å². The molecule has 3 rings (SSSR count). The van der Waals surface area contributed by atoms with E-state index in [1.54, 1.807) is 46.2 Å². The van der Waals surface area contributed by atoms with Crippen LogP contribution in [-0.4, -0.2) is 59.7 Å². The minimum atomic E-state index is -0.651. The second kappa shape index (κ2) is 10.9. The van der Waals surface area contributed by atoms with Crippen molar-refractivity contribution >= 4 is 17.7 Å². The highest BCUT2D eigenvalue weighted by molar-refractivity contribution is 5.97. The fourth-order valence-corrected chi connectivity index (χ4v) is 3.84. The predicted molar refractivity (Wildman–Crippen MR) is 121 cm³/mol. The molecule has 0 radical (unpaired) electrons. The fourth-order valence-electron chi connectivity index (χ4n) is 3.84. The second-order valence-corrected chi connectivity index (χ2v) is 8.15. The Bertz CT molecular complexity index is 950. The molecule has 2 atom stereocenters. The van der Waals surface area contributed by atoms with Crippen molar-refractivity contribution in [2.75, 3.05) is 26.2 Å². The molecule has 2 unspecified atom stereocenters. The van der Waals surface area contributed by atoms with E-state index in [2.05, 4.69) is 5.32 Å². The monoisotopic (exact) mass is 439 g/mol. The van der Waals surface area contributed by atoms with Crippen LogP contribution in [0.4, 0.5) is 4.39 Å². The minimum absolute atomic E-state index is 0.0416. The summed E-state index contributed by atoms with van der Waals surface area (Å²) in [6.07, 6.45) is 1.32. The van der Waals surface area contributed by atoms with Crippen molar-refractivity contribution in [3.63, 3.8) is 0 Å². The highest BCUT2D eigenvalue weighted by atomic mass is 19.1. The van der Waals surface area contributed by atoms with E-state index in [-0.39, 0.29) is 29.2 Å². The van der Waals surface area contributed by atoms with Crippen molar-refractivity contribution < 1.29 is 18.8 Å². The third-order valence-corrected chi connectivity index (χ3v) is 6.00. The number of benzene rings is 2. The van der Waals surface area contributed by atoms with Gasteiger partial charge in [-0.15, -0.1) is 0 Å². The highest BCUT2D eigenvalue weighted by Crippen LogP contribution is 2.16. The molecule has 32 heavy (non-hydrogen) atoms. The molecule has 1 heterocycles. The van der Waals surface area contributed by atoms with Crippen molar-refractivity contribution in [3.8, 4) is 0 Å². The molecule has 1 aliphatic rings. The van der Waals surface area contributed by atoms with Gasteiger partial charge in [0.1, 0.15) is 11.9 Å². The quantitative estimate of drug-likeness (QED) is 0.751. The van der Waals surface area contributed by atoms with Crippen LogP contribution in [-0.2, 0) is 4.79 Å². The first-order chi connectivity index (χ1) is 15.4. The number of amides is 3. The van der Waals surface area contributed by atoms with Gasteiger partial charge in [0.2, 0.25) is 5.91 Å². The third-order valence-electron chi connectivity index (χ3n) is 6.00. The summed E-state index contributed by atoms with van der Waals surface area (Å²) in [6, 6.07) is 14.1. The lowest BCUT2D eigenvalue weighted by molar-refractivity contribution is -0.134. The van der Waals surface area contributed by atoms with E-state index < -0.39 is 11.9 Å². The Hall–Kier alpha value is -3.22. The summed E-state index contributed by atoms with van der Waals surface area (Å²) in [7, 11) is 0. The average Bonchev–Trinajstić information content (AvgIpc) is 3.08. The first kappa shape index (κ1) is 23.4. The van der Waals surface area contributed by atoms with Crippen molar-refractivity contribution in [3.05, 3.63) is 71.5 Å². The lowest BCUT2D eigenvalue weighted by Crippen LogP contribution is -2.52. The Labute approximate surface area is 188 Å². The molecule has 0 spiro atoms. The SMILES string of the molecule is CCC(C)C(NC(=O)c1ccccc1)C(=O)N1CCCN(C(=O)c2ccccc2F)CC1. The maximum absolute atomic E-state index is 14.0. The summed E-state index contributed by atoms with van der Waals surface area (Å²) in [5.74, 6) is -1.39. The van der Waals surface area contributed by atoms with Crippen LogP contribution < -0.4 is 5.32 Å². The van der Waals surface area contributed by atoms with E-state index in [1.165, 1.54) is 12.1 Å². The second-order valence-electron chi connectivity index (χ2n) is 8.15. The lowest BCUT2D eigenvalue weighted by atomic mass is 9.97. The van der Waals surface area contributed by atoms with Crippen LogP contribution in [0.3, 0.4) is 0 Å². The Balaban J connectivity index is 1.68. The molecule has 2 aromatic rings. The van der Waals surface area contributed by atoms with Gasteiger partial charge in [0.25, 0.3) is 11.8 Å². The Morgan fingerprint density at radius 3 is 2.25 bits per heavy atom. The van der Waals surface area contributed by atoms with E-state index in [4.69, 9.17) is 0 Å². The molecule has 170 valence electrons. The van der Waals surface area contributed by atoms with Gasteiger partial charge >= 0.3 is 0 Å². The Morgan fingerprint density at radius 1 is 0.938 bits per heavy atom. The normalized spacial score (nSPS) is 16.1. The van der Waals surface area contributed by atoms with Crippen molar-refractivity contribution in [2.24, 2.45) is 5.92 Å². The largest absolute Gasteiger partial charge is 0.340 e. The van der Waals surface area contributed by atoms with Crippen LogP contribution in [0, 0.1) is 11.7 Å². The summed E-state index contributed by atoms with van der Waals surface area (Å²) < 4.78 is 14.0. The summed E-state index contributed by atoms with van der Waals surface area (Å²) in [5.41, 5.74) is 0.547. The van der Waals surface area contributed by atoms with E-state index in [1.807, 2.05) is 19.9 Å². The van der Waals surface area contributed by atoms with Crippen molar-refractivity contribution in [2.45, 2.75) is 32.7 Å². The lowest BCUT2D eigenvalue weighted by Gasteiger charge is -2.30. The van der Waals surface area contributed by atoms with Gasteiger partial charge in [-0.2, -0.15) is 0 Å². The number of halogens is 1. The molecule has 7 heteroatoms. The van der Waals surface area contributed by atoms with Gasteiger partial charge < -0.3 is 15.1 Å². The number of nitrogens with zero attached hydrogens (tertiary/aromatic N) is 2. The minimum Gasteiger partial charge on any atom is -0.340 e. The van der Waals surface area contributed by atoms with Crippen LogP contribution >= 0.6 is 0 Å². The molecule has 0 saturated carbocycles. The van der Waals surface area contributed by atoms with Gasteiger partial charge in [0.15, 0.2) is 0 Å². The number of rotatable bonds is 6. The zero-order valence-corrected chi connectivity index (χ0v) is 18.6. The third kappa shape index (κ3) is 5.52. The summed E-state index contributed by atoms with van der Waals surface area (Å²) >= 11 is 0. The highest BCUT2D eigenvalue weighted by Gasteiger charge is 2.32. The number of carbonyl (C=O) groups excluding carboxylic acids is 3. The van der Waals surface area contributed by atoms with Crippen molar-refractivity contribution in [1.82, 2.24) is 15.1 Å². The van der Waals surface area contributed by atoms with Crippen LogP contribution in [0.2, 0.25) is 0 Å². The molecule has 0 bridgehead atoms. The molecule has 2 aromatic carbocycles. The van der Waals surface area contributed by atoms with Gasteiger partial charge in [0.05, 0.1) is 5.56 Å². The standard InChI is InChI=1S/C25H30FN3O3/c1-3-18(2)22(27-23(30)19-10-5-4-6-11-19)25(32)29-15-9-14-28(16-17-29)24(31)20-12-7-8-13-21(20)26/h4-8,10-13,18,22H,3,9,14-17H2,1-2H3,(H,27,30). The van der Waals surface area contributed by atoms with Gasteiger partial charge in [-0.1, -0.05) is 50.6 Å². The smallest absolute Gasteiger partial charge is 0.256 e. The zero-order chi connectivity index (χ0) is 23.1. The molecule has 6 nitrogen and oxygen atoms in total. The van der Waals surface area contributed by atoms with E-state index in [0.29, 0.717) is 38.2 Å². The molecule has 3 amide bonds. The number of hydrogen-bond acceptors (Lipinski definition) is 3. The van der Waals surface area contributed by atoms with E-state index in [9.17, 15) is 18.8 Å². The first-order valence-corrected chi connectivity index (χ1v) is 11.1. The topological polar surface area (TPSA) is 69.7 Å². The van der Waals surface area contributed by atoms with Gasteiger partial charge in [-0.25, -0.2) is 4.39 Å². The number of carbonyl (C=O) groups is 3. The van der Waals surface area contributed by atoms with Crippen LogP contribution in [0.15, 0.2) is 54.6 Å². The van der Waals surface area contributed by atoms with Crippen LogP contribution in [0.25, 0.3) is 0 Å². The molecule has 1 fully saturated rings. The zero-order valence-electron chi connectivity index (χ0n) is 18.6. The fraction of sp³-hybridized carbons (Fsp3) is 0.400. The number of nitrogens with one attached hydrogen (secondary N) is 1. The Kier molecular flexibility index (Phi) is 7.98. The van der Waals surface area contributed by atoms with E-state index >= 15 is 0 Å². The number of hydrogen-bond donors (Lipinski definition) is 1. The molecular weight excluding hydrogens is 409 g/mol. The summed E-state index contributed by atoms with van der Waals surface area (Å²) in [5, 5.41) is 2.91. The average molecular weight is 440 g/mol. The van der Waals surface area contributed by atoms with Crippen LogP contribution in [0.1, 0.15) is 47.4 Å². The van der Waals surface area contributed by atoms with Crippen molar-refractivity contribution in [1.29, 1.82) is 0 Å². The van der Waals surface area contributed by atoms with Gasteiger partial charge in [-0.05, 0) is 36.6 Å². The molecule has 1 N–H and O–H groups in total. The molecule has 0 aliphatic carbocycles. The molecule has 0 aromatic heterocycles. The predicted octanol–water partition coefficient (Wildman–Crippen LogP) is 3.34. The molecule has 1 saturated heterocycles. The maximum atomic E-state index is 14.0.